The Labute approximate surface area is 233 Å². The molecule has 3 heterocycles. The Morgan fingerprint density at radius 3 is 2.24 bits per heavy atom. The minimum Gasteiger partial charge on any atom is -0.493 e. The summed E-state index contributed by atoms with van der Waals surface area (Å²) in [5.41, 5.74) is 9.15. The molecule has 2 atom stereocenters. The van der Waals surface area contributed by atoms with Gasteiger partial charge < -0.3 is 20.7 Å². The van der Waals surface area contributed by atoms with Crippen molar-refractivity contribution in [1.29, 1.82) is 0 Å². The van der Waals surface area contributed by atoms with Gasteiger partial charge in [0.1, 0.15) is 5.75 Å². The molecule has 0 spiro atoms. The van der Waals surface area contributed by atoms with Crippen LogP contribution in [0.4, 0.5) is 26.3 Å². The number of nitrogens with two attached hydrogens (primary N) is 1. The first-order chi connectivity index (χ1) is 19.0. The monoisotopic (exact) mass is 603 g/mol. The SMILES string of the molecule is C[C@]12N=C(N)SC[C@H]1CCOc1ccc(-c3cncc4ccccc34)cc12.O=C(O)C(F)(F)F.O=C(O)C(F)(F)F. The van der Waals surface area contributed by atoms with Crippen LogP contribution in [0.5, 0.6) is 5.75 Å². The Hall–Kier alpha value is -4.01. The number of thioether (sulfide) groups is 1. The summed E-state index contributed by atoms with van der Waals surface area (Å²) >= 11 is 1.65. The number of pyridine rings is 1. The van der Waals surface area contributed by atoms with E-state index in [1.165, 1.54) is 5.39 Å². The predicted octanol–water partition coefficient (Wildman–Crippen LogP) is 5.84. The van der Waals surface area contributed by atoms with Gasteiger partial charge in [0.2, 0.25) is 0 Å². The summed E-state index contributed by atoms with van der Waals surface area (Å²) in [4.78, 5) is 27.1. The van der Waals surface area contributed by atoms with Gasteiger partial charge in [0.15, 0.2) is 5.17 Å². The predicted molar refractivity (Wildman–Crippen MR) is 140 cm³/mol. The molecule has 0 bridgehead atoms. The number of alkyl halides is 6. The highest BCUT2D eigenvalue weighted by molar-refractivity contribution is 8.13. The number of halogens is 6. The molecule has 8 nitrogen and oxygen atoms in total. The lowest BCUT2D eigenvalue weighted by atomic mass is 9.78. The molecule has 0 radical (unpaired) electrons. The molecule has 0 amide bonds. The standard InChI is InChI=1S/C22H21N3OS.2C2HF3O2/c1-22-16(13-27-21(23)25-22)8-9-26-20-7-6-14(10-19(20)22)18-12-24-11-15-4-2-3-5-17(15)18;2*3-2(4,5)1(6)7/h2-7,10-12,16H,8-9,13H2,1H3,(H2,23,25);2*(H,6,7)/t16-,22+;;/m1../s1. The smallest absolute Gasteiger partial charge is 0.490 e. The molecule has 0 unspecified atom stereocenters. The van der Waals surface area contributed by atoms with Gasteiger partial charge in [-0.15, -0.1) is 0 Å². The first-order valence-electron chi connectivity index (χ1n) is 11.7. The first kappa shape index (κ1) is 31.5. The van der Waals surface area contributed by atoms with E-state index in [0.29, 0.717) is 11.1 Å². The molecule has 2 aromatic carbocycles. The molecule has 0 aliphatic carbocycles. The second-order valence-electron chi connectivity index (χ2n) is 8.97. The zero-order valence-corrected chi connectivity index (χ0v) is 22.0. The molecule has 0 saturated carbocycles. The Bertz CT molecular complexity index is 1430. The van der Waals surface area contributed by atoms with Crippen LogP contribution in [0.25, 0.3) is 21.9 Å². The highest BCUT2D eigenvalue weighted by Gasteiger charge is 2.43. The molecular weight excluding hydrogens is 580 g/mol. The van der Waals surface area contributed by atoms with Crippen LogP contribution < -0.4 is 10.5 Å². The summed E-state index contributed by atoms with van der Waals surface area (Å²) in [7, 11) is 0. The summed E-state index contributed by atoms with van der Waals surface area (Å²) in [6, 6.07) is 14.8. The third-order valence-corrected chi connectivity index (χ3v) is 7.24. The number of carbonyl (C=O) groups is 2. The number of fused-ring (bicyclic) bond motifs is 4. The highest BCUT2D eigenvalue weighted by Crippen LogP contribution is 2.48. The number of benzene rings is 2. The summed E-state index contributed by atoms with van der Waals surface area (Å²) in [5, 5.41) is 17.3. The summed E-state index contributed by atoms with van der Waals surface area (Å²) in [6.07, 6.45) is -5.33. The van der Waals surface area contributed by atoms with E-state index in [2.05, 4.69) is 48.3 Å². The van der Waals surface area contributed by atoms with Crippen LogP contribution >= 0.6 is 11.8 Å². The van der Waals surface area contributed by atoms with Crippen LogP contribution in [0, 0.1) is 5.92 Å². The van der Waals surface area contributed by atoms with Gasteiger partial charge in [0.25, 0.3) is 0 Å². The van der Waals surface area contributed by atoms with E-state index in [9.17, 15) is 26.3 Å². The zero-order valence-electron chi connectivity index (χ0n) is 21.2. The van der Waals surface area contributed by atoms with Crippen LogP contribution in [0.1, 0.15) is 18.9 Å². The number of carboxylic acids is 2. The van der Waals surface area contributed by atoms with Gasteiger partial charge in [-0.1, -0.05) is 42.1 Å². The average Bonchev–Trinajstić information content (AvgIpc) is 3.03. The van der Waals surface area contributed by atoms with Crippen molar-refractivity contribution in [3.8, 4) is 16.9 Å². The number of hydrogen-bond acceptors (Lipinski definition) is 7. The molecule has 41 heavy (non-hydrogen) atoms. The molecule has 15 heteroatoms. The molecular formula is C26H23F6N3O5S. The maximum atomic E-state index is 10.6. The van der Waals surface area contributed by atoms with Gasteiger partial charge in [0, 0.05) is 40.6 Å². The highest BCUT2D eigenvalue weighted by atomic mass is 32.2. The maximum absolute atomic E-state index is 10.6. The van der Waals surface area contributed by atoms with E-state index in [1.807, 2.05) is 18.5 Å². The van der Waals surface area contributed by atoms with Crippen molar-refractivity contribution in [2.75, 3.05) is 12.4 Å². The first-order valence-corrected chi connectivity index (χ1v) is 12.7. The fourth-order valence-electron chi connectivity index (χ4n) is 4.22. The fourth-order valence-corrected chi connectivity index (χ4v) is 5.34. The fraction of sp³-hybridized carbons (Fsp3) is 0.308. The van der Waals surface area contributed by atoms with Gasteiger partial charge in [-0.25, -0.2) is 9.59 Å². The largest absolute Gasteiger partial charge is 0.493 e. The van der Waals surface area contributed by atoms with Crippen molar-refractivity contribution in [1.82, 2.24) is 4.98 Å². The number of aromatic nitrogens is 1. The number of aliphatic imine (C=N–C) groups is 1. The molecule has 220 valence electrons. The van der Waals surface area contributed by atoms with E-state index < -0.39 is 24.3 Å². The molecule has 5 rings (SSSR count). The molecule has 4 N–H and O–H groups in total. The molecule has 2 aliphatic heterocycles. The number of ether oxygens (including phenoxy) is 1. The van der Waals surface area contributed by atoms with Crippen LogP contribution in [-0.4, -0.2) is 57.0 Å². The van der Waals surface area contributed by atoms with E-state index in [-0.39, 0.29) is 5.54 Å². The van der Waals surface area contributed by atoms with Crippen LogP contribution in [0.2, 0.25) is 0 Å². The van der Waals surface area contributed by atoms with Crippen LogP contribution in [-0.2, 0) is 15.1 Å². The van der Waals surface area contributed by atoms with Crippen molar-refractivity contribution in [3.05, 3.63) is 60.4 Å². The van der Waals surface area contributed by atoms with Crippen LogP contribution in [0.15, 0.2) is 59.9 Å². The van der Waals surface area contributed by atoms with Crippen molar-refractivity contribution < 1.29 is 50.9 Å². The second-order valence-corrected chi connectivity index (χ2v) is 10.0. The van der Waals surface area contributed by atoms with Gasteiger partial charge in [0.05, 0.1) is 12.1 Å². The van der Waals surface area contributed by atoms with E-state index in [1.54, 1.807) is 11.8 Å². The number of carboxylic acid groups (broad SMARTS) is 2. The zero-order chi connectivity index (χ0) is 30.6. The van der Waals surface area contributed by atoms with Gasteiger partial charge in [-0.3, -0.25) is 9.98 Å². The van der Waals surface area contributed by atoms with Crippen molar-refractivity contribution in [3.63, 3.8) is 0 Å². The van der Waals surface area contributed by atoms with Crippen molar-refractivity contribution in [2.24, 2.45) is 16.6 Å². The van der Waals surface area contributed by atoms with Gasteiger partial charge >= 0.3 is 24.3 Å². The number of nitrogens with zero attached hydrogens (tertiary/aromatic N) is 2. The third kappa shape index (κ3) is 7.60. The number of aliphatic carboxylic acids is 2. The van der Waals surface area contributed by atoms with Gasteiger partial charge in [-0.05, 0) is 36.4 Å². The summed E-state index contributed by atoms with van der Waals surface area (Å²) in [6.45, 7) is 2.92. The Kier molecular flexibility index (Phi) is 9.41. The number of rotatable bonds is 1. The lowest BCUT2D eigenvalue weighted by molar-refractivity contribution is -0.193. The molecule has 1 aromatic heterocycles. The van der Waals surface area contributed by atoms with E-state index in [4.69, 9.17) is 35.3 Å². The molecule has 3 aromatic rings. The second kappa shape index (κ2) is 12.2. The average molecular weight is 604 g/mol. The lowest BCUT2D eigenvalue weighted by Crippen LogP contribution is -2.37. The third-order valence-electron chi connectivity index (χ3n) is 6.28. The Balaban J connectivity index is 0.000000276. The van der Waals surface area contributed by atoms with E-state index >= 15 is 0 Å². The van der Waals surface area contributed by atoms with E-state index in [0.717, 1.165) is 46.6 Å². The summed E-state index contributed by atoms with van der Waals surface area (Å²) in [5.74, 6) is -3.20. The van der Waals surface area contributed by atoms with Crippen molar-refractivity contribution in [2.45, 2.75) is 31.2 Å². The topological polar surface area (TPSA) is 135 Å². The maximum Gasteiger partial charge on any atom is 0.490 e. The normalized spacial score (nSPS) is 19.9. The molecule has 2 aliphatic rings. The lowest BCUT2D eigenvalue weighted by Gasteiger charge is -2.36. The minimum atomic E-state index is -5.08. The summed E-state index contributed by atoms with van der Waals surface area (Å²) < 4.78 is 69.6. The Morgan fingerprint density at radius 1 is 1.02 bits per heavy atom. The quantitative estimate of drug-likeness (QED) is 0.295. The van der Waals surface area contributed by atoms with Crippen LogP contribution in [0.3, 0.4) is 0 Å². The minimum absolute atomic E-state index is 0.352. The van der Waals surface area contributed by atoms with Gasteiger partial charge in [-0.2, -0.15) is 26.3 Å². The molecule has 0 fully saturated rings. The molecule has 0 saturated heterocycles. The van der Waals surface area contributed by atoms with Crippen molar-refractivity contribution >= 4 is 39.6 Å². The number of amidine groups is 1. The number of hydrogen-bond donors (Lipinski definition) is 3. The Morgan fingerprint density at radius 2 is 1.63 bits per heavy atom.